The van der Waals surface area contributed by atoms with Gasteiger partial charge in [-0.15, -0.1) is 0 Å². The summed E-state index contributed by atoms with van der Waals surface area (Å²) in [5.74, 6) is -0.185. The summed E-state index contributed by atoms with van der Waals surface area (Å²) in [5.41, 5.74) is 0.742. The molecule has 0 amide bonds. The molecule has 3 aliphatic heterocycles. The Morgan fingerprint density at radius 3 is 2.19 bits per heavy atom. The molecule has 0 aromatic rings. The molecule has 0 bridgehead atoms. The third kappa shape index (κ3) is 8.67. The Morgan fingerprint density at radius 1 is 0.796 bits per heavy atom. The summed E-state index contributed by atoms with van der Waals surface area (Å²) >= 11 is 0. The average molecular weight is 764 g/mol. The molecule has 6 aliphatic rings. The van der Waals surface area contributed by atoms with Gasteiger partial charge >= 0.3 is 5.97 Å². The topological polar surface area (TPSA) is 120 Å². The minimum atomic E-state index is -0.608. The lowest BCUT2D eigenvalue weighted by molar-refractivity contribution is -0.314. The van der Waals surface area contributed by atoms with Crippen LogP contribution in [0.2, 0.25) is 0 Å². The fourth-order valence-electron chi connectivity index (χ4n) is 11.2. The highest BCUT2D eigenvalue weighted by atomic mass is 16.7. The zero-order valence-electron chi connectivity index (χ0n) is 34.5. The van der Waals surface area contributed by atoms with E-state index in [1.807, 2.05) is 13.8 Å². The number of Topliss-reactive ketones (excluding diaryl/α,β-unsaturated/α-hetero) is 1. The standard InChI is InChI=1S/C42H69NO11/c1-11-26-13-12-14-33(54-36-16-15-32(43(5)6)23(3)50-36)22(2)38(45)31-20-29-28-19-27(53-42-41(49-10)40(48-9)39(47-8)24(4)51-42)17-25(28)18-34(46-7)37(29)30(31)21-35(44)52-26/h20,22-30,32-34,36-37,39-42H,11-19,21H2,1-10H3/t22-,23?,24?,25?,26+,27-,28-,29+,30-,32+,33+,34?,36+,37-,39+,40?,41?,42+/m1/s1. The van der Waals surface area contributed by atoms with Gasteiger partial charge in [-0.05, 0) is 115 Å². The highest BCUT2D eigenvalue weighted by molar-refractivity contribution is 5.99. The van der Waals surface area contributed by atoms with Crippen LogP contribution in [0.5, 0.6) is 0 Å². The van der Waals surface area contributed by atoms with Crippen molar-refractivity contribution in [2.75, 3.05) is 42.5 Å². The Bertz CT molecular complexity index is 1290. The SMILES string of the molecule is CC[C@H]1CCC[C@H](O[C@H]2CC[C@H](N(C)C)C(C)O2)[C@@H](C)C(=O)C2=C[C@@H]3[C@@H](C(OC)CC4C[C@@H](O[C@@H]5OC(C)[C@H](OC)C(OC)C5OC)C[C@H]43)[C@@H]2CC(=O)O1. The van der Waals surface area contributed by atoms with E-state index in [-0.39, 0.29) is 97.0 Å². The van der Waals surface area contributed by atoms with Crippen LogP contribution in [0.1, 0.15) is 91.9 Å². The fraction of sp³-hybridized carbons (Fsp3) is 0.905. The van der Waals surface area contributed by atoms with E-state index in [1.54, 1.807) is 28.4 Å². The summed E-state index contributed by atoms with van der Waals surface area (Å²) in [4.78, 5) is 30.7. The van der Waals surface area contributed by atoms with Gasteiger partial charge < -0.3 is 47.5 Å². The third-order valence-corrected chi connectivity index (χ3v) is 14.0. The molecule has 6 rings (SSSR count). The number of methoxy groups -OCH3 is 4. The van der Waals surface area contributed by atoms with E-state index < -0.39 is 18.3 Å². The molecule has 0 spiro atoms. The largest absolute Gasteiger partial charge is 0.462 e. The summed E-state index contributed by atoms with van der Waals surface area (Å²) in [6.45, 7) is 8.16. The lowest BCUT2D eigenvalue weighted by Gasteiger charge is -2.44. The van der Waals surface area contributed by atoms with Crippen LogP contribution in [0.3, 0.4) is 0 Å². The third-order valence-electron chi connectivity index (χ3n) is 14.0. The van der Waals surface area contributed by atoms with E-state index in [4.69, 9.17) is 42.6 Å². The molecule has 54 heavy (non-hydrogen) atoms. The van der Waals surface area contributed by atoms with Crippen molar-refractivity contribution in [2.45, 2.75) is 165 Å². The summed E-state index contributed by atoms with van der Waals surface area (Å²) in [5, 5.41) is 0. The Morgan fingerprint density at radius 2 is 1.54 bits per heavy atom. The predicted molar refractivity (Wildman–Crippen MR) is 201 cm³/mol. The molecule has 3 aliphatic carbocycles. The van der Waals surface area contributed by atoms with Gasteiger partial charge in [0, 0.05) is 46.3 Å². The monoisotopic (exact) mass is 763 g/mol. The van der Waals surface area contributed by atoms with Gasteiger partial charge in [0.05, 0.1) is 36.9 Å². The highest BCUT2D eigenvalue weighted by Gasteiger charge is 2.57. The number of cyclic esters (lactones) is 1. The van der Waals surface area contributed by atoms with Crippen LogP contribution >= 0.6 is 0 Å². The van der Waals surface area contributed by atoms with Crippen LogP contribution in [-0.2, 0) is 52.2 Å². The first-order valence-corrected chi connectivity index (χ1v) is 20.8. The number of likely N-dealkylation sites (N-methyl/N-ethyl adjacent to an activating group) is 1. The van der Waals surface area contributed by atoms with E-state index in [9.17, 15) is 9.59 Å². The van der Waals surface area contributed by atoms with Gasteiger partial charge in [-0.2, -0.15) is 0 Å². The molecular weight excluding hydrogens is 694 g/mol. The molecule has 6 unspecified atom stereocenters. The van der Waals surface area contributed by atoms with Gasteiger partial charge in [-0.1, -0.05) is 19.9 Å². The molecule has 3 heterocycles. The number of carbonyl (C=O) groups is 2. The van der Waals surface area contributed by atoms with Crippen LogP contribution in [0.15, 0.2) is 11.6 Å². The molecule has 0 aromatic heterocycles. The second-order valence-corrected chi connectivity index (χ2v) is 17.2. The Labute approximate surface area is 323 Å². The van der Waals surface area contributed by atoms with Crippen molar-refractivity contribution in [3.63, 3.8) is 0 Å². The first kappa shape index (κ1) is 42.1. The lowest BCUT2D eigenvalue weighted by Crippen LogP contribution is -2.59. The van der Waals surface area contributed by atoms with E-state index in [1.165, 1.54) is 0 Å². The summed E-state index contributed by atoms with van der Waals surface area (Å²) in [6.07, 6.45) is 6.74. The maximum Gasteiger partial charge on any atom is 0.306 e. The highest BCUT2D eigenvalue weighted by Crippen LogP contribution is 2.57. The van der Waals surface area contributed by atoms with Crippen LogP contribution in [0.25, 0.3) is 0 Å². The molecule has 2 saturated carbocycles. The predicted octanol–water partition coefficient (Wildman–Crippen LogP) is 5.34. The van der Waals surface area contributed by atoms with Crippen LogP contribution < -0.4 is 0 Å². The summed E-state index contributed by atoms with van der Waals surface area (Å²) < 4.78 is 56.1. The number of esters is 1. The number of carbonyl (C=O) groups excluding carboxylic acids is 2. The molecule has 12 heteroatoms. The first-order valence-electron chi connectivity index (χ1n) is 20.8. The van der Waals surface area contributed by atoms with E-state index in [0.717, 1.165) is 56.9 Å². The molecule has 0 radical (unpaired) electrons. The Hall–Kier alpha value is -1.48. The molecular formula is C42H69NO11. The molecule has 0 N–H and O–H groups in total. The van der Waals surface area contributed by atoms with Gasteiger partial charge in [0.25, 0.3) is 0 Å². The second kappa shape index (κ2) is 18.4. The minimum Gasteiger partial charge on any atom is -0.462 e. The lowest BCUT2D eigenvalue weighted by atomic mass is 9.64. The molecule has 3 saturated heterocycles. The molecule has 18 atom stereocenters. The van der Waals surface area contributed by atoms with Crippen LogP contribution in [-0.4, -0.2) is 133 Å². The zero-order chi connectivity index (χ0) is 38.8. The summed E-state index contributed by atoms with van der Waals surface area (Å²) in [7, 11) is 10.9. The second-order valence-electron chi connectivity index (χ2n) is 17.2. The molecule has 5 fully saturated rings. The van der Waals surface area contributed by atoms with Crippen molar-refractivity contribution < 1.29 is 52.2 Å². The van der Waals surface area contributed by atoms with Crippen LogP contribution in [0.4, 0.5) is 0 Å². The summed E-state index contributed by atoms with van der Waals surface area (Å²) in [6, 6.07) is 0.330. The van der Waals surface area contributed by atoms with Gasteiger partial charge in [-0.25, -0.2) is 0 Å². The smallest absolute Gasteiger partial charge is 0.306 e. The van der Waals surface area contributed by atoms with Crippen molar-refractivity contribution in [3.05, 3.63) is 11.6 Å². The van der Waals surface area contributed by atoms with Gasteiger partial charge in [0.2, 0.25) is 0 Å². The molecule has 0 aromatic carbocycles. The van der Waals surface area contributed by atoms with Crippen molar-refractivity contribution in [1.82, 2.24) is 4.90 Å². The average Bonchev–Trinajstić information content (AvgIpc) is 3.73. The van der Waals surface area contributed by atoms with Gasteiger partial charge in [-0.3, -0.25) is 9.59 Å². The number of hydrogen-bond acceptors (Lipinski definition) is 12. The van der Waals surface area contributed by atoms with Crippen molar-refractivity contribution in [1.29, 1.82) is 0 Å². The number of ketones is 1. The van der Waals surface area contributed by atoms with Crippen molar-refractivity contribution in [2.24, 2.45) is 35.5 Å². The minimum absolute atomic E-state index is 0.0143. The maximum atomic E-state index is 14.8. The number of ether oxygens (including phenoxy) is 9. The fourth-order valence-corrected chi connectivity index (χ4v) is 11.2. The number of fused-ring (bicyclic) bond motifs is 5. The van der Waals surface area contributed by atoms with Crippen molar-refractivity contribution >= 4 is 11.8 Å². The first-order chi connectivity index (χ1) is 25.9. The van der Waals surface area contributed by atoms with Crippen molar-refractivity contribution in [3.8, 4) is 0 Å². The Kier molecular flexibility index (Phi) is 14.4. The van der Waals surface area contributed by atoms with E-state index in [2.05, 4.69) is 38.9 Å². The Balaban J connectivity index is 1.24. The quantitative estimate of drug-likeness (QED) is 0.268. The van der Waals surface area contributed by atoms with Gasteiger partial charge in [0.1, 0.15) is 24.4 Å². The maximum absolute atomic E-state index is 14.8. The molecule has 12 nitrogen and oxygen atoms in total. The normalized spacial score (nSPS) is 46.2. The number of allylic oxidation sites excluding steroid dienone is 2. The molecule has 308 valence electrons. The van der Waals surface area contributed by atoms with E-state index in [0.29, 0.717) is 18.4 Å². The zero-order valence-corrected chi connectivity index (χ0v) is 34.5. The number of hydrogen-bond donors (Lipinski definition) is 0. The van der Waals surface area contributed by atoms with Gasteiger partial charge in [0.15, 0.2) is 18.4 Å². The van der Waals surface area contributed by atoms with E-state index >= 15 is 0 Å². The number of nitrogens with zero attached hydrogens (tertiary/aromatic N) is 1. The number of rotatable bonds is 10. The van der Waals surface area contributed by atoms with Crippen LogP contribution in [0, 0.1) is 35.5 Å².